The molecule has 1 aromatic carbocycles. The number of fused-ring (bicyclic) bond motifs is 5. The van der Waals surface area contributed by atoms with Crippen LogP contribution in [-0.2, 0) is 4.79 Å². The molecule has 5 saturated carbocycles. The fourth-order valence-electron chi connectivity index (χ4n) is 10.7. The molecule has 8 atom stereocenters. The lowest BCUT2D eigenvalue weighted by molar-refractivity contribution is -0.145. The molecular weight excluding hydrogens is 494 g/mol. The summed E-state index contributed by atoms with van der Waals surface area (Å²) in [5, 5.41) is 15.4. The highest BCUT2D eigenvalue weighted by atomic mass is 16.5. The molecule has 0 heterocycles. The maximum Gasteiger partial charge on any atom is 0.133 e. The molecule has 222 valence electrons. The molecule has 0 spiro atoms. The van der Waals surface area contributed by atoms with Gasteiger partial charge in [0.1, 0.15) is 11.5 Å². The number of benzene rings is 1. The maximum atomic E-state index is 12.3. The molecule has 1 aromatic rings. The molecule has 5 aliphatic rings. The van der Waals surface area contributed by atoms with Crippen molar-refractivity contribution in [1.29, 1.82) is 0 Å². The Labute approximate surface area is 243 Å². The fraction of sp³-hybridized carbons (Fsp3) is 0.806. The average Bonchev–Trinajstić information content (AvgIpc) is 3.30. The first-order valence-corrected chi connectivity index (χ1v) is 17.1. The van der Waals surface area contributed by atoms with Crippen LogP contribution in [0.15, 0.2) is 24.3 Å². The Bertz CT molecular complexity index is 1020. The summed E-state index contributed by atoms with van der Waals surface area (Å²) >= 11 is 0. The lowest BCUT2D eigenvalue weighted by Gasteiger charge is -2.60. The van der Waals surface area contributed by atoms with E-state index in [1.54, 1.807) is 0 Å². The number of Topliss-reactive ketones (excluding diaryl/α,β-unsaturated/α-hetero) is 1. The number of carbonyl (C=O) groups is 1. The summed E-state index contributed by atoms with van der Waals surface area (Å²) in [6.07, 6.45) is 19.5. The zero-order chi connectivity index (χ0) is 27.7. The van der Waals surface area contributed by atoms with Crippen LogP contribution in [0.2, 0.25) is 0 Å². The monoisotopic (exact) mass is 549 g/mol. The Morgan fingerprint density at radius 1 is 1.02 bits per heavy atom. The summed E-state index contributed by atoms with van der Waals surface area (Å²) in [6, 6.07) is 9.89. The Balaban J connectivity index is 1.11. The van der Waals surface area contributed by atoms with Gasteiger partial charge in [-0.25, -0.2) is 0 Å². The van der Waals surface area contributed by atoms with Crippen LogP contribution in [0.25, 0.3) is 0 Å². The van der Waals surface area contributed by atoms with E-state index in [0.29, 0.717) is 47.6 Å². The first-order valence-electron chi connectivity index (χ1n) is 17.1. The van der Waals surface area contributed by atoms with Gasteiger partial charge in [0, 0.05) is 30.3 Å². The van der Waals surface area contributed by atoms with Crippen molar-refractivity contribution in [3.63, 3.8) is 0 Å². The van der Waals surface area contributed by atoms with Gasteiger partial charge in [-0.15, -0.1) is 0 Å². The largest absolute Gasteiger partial charge is 0.494 e. The van der Waals surface area contributed by atoms with Crippen LogP contribution in [0, 0.1) is 34.5 Å². The standard InChI is InChI=1S/C36H55NO3/c1-3-8-33(37-27-10-5-4-6-11-27)25-9-7-12-29(23-25)40-22-21-36-20-18-31-30(32(36)15-16-34(36)39)14-13-26-24-28(38)17-19-35(26,31)2/h7,9,12,23,26-27,30-34,37,39H,3-6,8,10-11,13-22,24H2,1-2H3/t26?,30?,31?,32?,33?,34-,35-,36+/m0/s1. The zero-order valence-electron chi connectivity index (χ0n) is 25.3. The summed E-state index contributed by atoms with van der Waals surface area (Å²) < 4.78 is 6.50. The minimum absolute atomic E-state index is 0.0136. The second-order valence-corrected chi connectivity index (χ2v) is 14.8. The Morgan fingerprint density at radius 2 is 1.88 bits per heavy atom. The highest BCUT2D eigenvalue weighted by Gasteiger charge is 2.61. The summed E-state index contributed by atoms with van der Waals surface area (Å²) in [5.41, 5.74) is 1.70. The molecule has 0 bridgehead atoms. The Morgan fingerprint density at radius 3 is 2.70 bits per heavy atom. The van der Waals surface area contributed by atoms with E-state index in [2.05, 4.69) is 43.4 Å². The second kappa shape index (κ2) is 12.1. The highest BCUT2D eigenvalue weighted by Crippen LogP contribution is 2.66. The molecule has 2 N–H and O–H groups in total. The molecule has 0 aromatic heterocycles. The third-order valence-electron chi connectivity index (χ3n) is 12.9. The van der Waals surface area contributed by atoms with E-state index in [4.69, 9.17) is 4.74 Å². The Hall–Kier alpha value is -1.39. The third kappa shape index (κ3) is 5.41. The number of hydrogen-bond acceptors (Lipinski definition) is 4. The molecular formula is C36H55NO3. The number of carbonyl (C=O) groups excluding carboxylic acids is 1. The van der Waals surface area contributed by atoms with Gasteiger partial charge in [-0.3, -0.25) is 4.79 Å². The van der Waals surface area contributed by atoms with E-state index < -0.39 is 0 Å². The molecule has 0 radical (unpaired) electrons. The van der Waals surface area contributed by atoms with Crippen molar-refractivity contribution in [3.05, 3.63) is 29.8 Å². The van der Waals surface area contributed by atoms with Gasteiger partial charge in [-0.1, -0.05) is 51.7 Å². The molecule has 0 aliphatic heterocycles. The third-order valence-corrected chi connectivity index (χ3v) is 12.9. The molecule has 40 heavy (non-hydrogen) atoms. The first-order chi connectivity index (χ1) is 19.4. The lowest BCUT2D eigenvalue weighted by Crippen LogP contribution is -2.55. The number of ketones is 1. The van der Waals surface area contributed by atoms with Crippen LogP contribution in [0.3, 0.4) is 0 Å². The van der Waals surface area contributed by atoms with Crippen molar-refractivity contribution in [2.24, 2.45) is 34.5 Å². The van der Waals surface area contributed by atoms with Crippen LogP contribution in [0.4, 0.5) is 0 Å². The molecule has 5 aliphatic carbocycles. The van der Waals surface area contributed by atoms with Crippen molar-refractivity contribution >= 4 is 5.78 Å². The summed E-state index contributed by atoms with van der Waals surface area (Å²) in [6.45, 7) is 5.50. The van der Waals surface area contributed by atoms with Crippen molar-refractivity contribution in [1.82, 2.24) is 5.32 Å². The van der Waals surface area contributed by atoms with E-state index in [0.717, 1.165) is 56.6 Å². The van der Waals surface area contributed by atoms with Gasteiger partial charge < -0.3 is 15.2 Å². The highest BCUT2D eigenvalue weighted by molar-refractivity contribution is 5.79. The van der Waals surface area contributed by atoms with Crippen molar-refractivity contribution in [3.8, 4) is 5.75 Å². The van der Waals surface area contributed by atoms with Gasteiger partial charge >= 0.3 is 0 Å². The van der Waals surface area contributed by atoms with E-state index >= 15 is 0 Å². The summed E-state index contributed by atoms with van der Waals surface area (Å²) in [4.78, 5) is 12.3. The summed E-state index contributed by atoms with van der Waals surface area (Å²) in [5.74, 6) is 4.12. The number of rotatable bonds is 9. The molecule has 6 rings (SSSR count). The lowest BCUT2D eigenvalue weighted by atomic mass is 9.44. The van der Waals surface area contributed by atoms with Crippen LogP contribution < -0.4 is 10.1 Å². The normalized spacial score (nSPS) is 38.8. The average molecular weight is 550 g/mol. The topological polar surface area (TPSA) is 58.6 Å². The molecule has 4 nitrogen and oxygen atoms in total. The van der Waals surface area contributed by atoms with Gasteiger partial charge in [-0.2, -0.15) is 0 Å². The number of hydrogen-bond donors (Lipinski definition) is 2. The van der Waals surface area contributed by atoms with Gasteiger partial charge in [-0.05, 0) is 117 Å². The van der Waals surface area contributed by atoms with Crippen LogP contribution in [0.1, 0.15) is 135 Å². The van der Waals surface area contributed by atoms with Crippen LogP contribution in [-0.4, -0.2) is 29.6 Å². The molecule has 5 fully saturated rings. The number of aliphatic hydroxyl groups is 1. The van der Waals surface area contributed by atoms with Crippen LogP contribution in [0.5, 0.6) is 5.75 Å². The van der Waals surface area contributed by atoms with E-state index in [-0.39, 0.29) is 11.5 Å². The Kier molecular flexibility index (Phi) is 8.67. The van der Waals surface area contributed by atoms with Gasteiger partial charge in [0.2, 0.25) is 0 Å². The number of nitrogens with one attached hydrogen (secondary N) is 1. The van der Waals surface area contributed by atoms with E-state index in [1.807, 2.05) is 0 Å². The van der Waals surface area contributed by atoms with Crippen molar-refractivity contribution in [2.45, 2.75) is 141 Å². The van der Waals surface area contributed by atoms with Crippen molar-refractivity contribution in [2.75, 3.05) is 6.61 Å². The van der Waals surface area contributed by atoms with Crippen LogP contribution >= 0.6 is 0 Å². The molecule has 4 heteroatoms. The first kappa shape index (κ1) is 28.7. The predicted octanol–water partition coefficient (Wildman–Crippen LogP) is 8.17. The fourth-order valence-corrected chi connectivity index (χ4v) is 10.7. The van der Waals surface area contributed by atoms with E-state index in [9.17, 15) is 9.90 Å². The SMILES string of the molecule is CCCC(NC1CCCCC1)c1cccc(OCC[C@]23CCC4C(CCC5CC(=O)CC[C@@]54C)C2CC[C@@H]3O)c1. The quantitative estimate of drug-likeness (QED) is 0.326. The minimum Gasteiger partial charge on any atom is -0.494 e. The maximum absolute atomic E-state index is 12.3. The summed E-state index contributed by atoms with van der Waals surface area (Å²) in [7, 11) is 0. The van der Waals surface area contributed by atoms with Gasteiger partial charge in [0.25, 0.3) is 0 Å². The number of ether oxygens (including phenoxy) is 1. The van der Waals surface area contributed by atoms with Crippen molar-refractivity contribution < 1.29 is 14.6 Å². The molecule has 0 amide bonds. The zero-order valence-corrected chi connectivity index (χ0v) is 25.3. The smallest absolute Gasteiger partial charge is 0.133 e. The van der Waals surface area contributed by atoms with Gasteiger partial charge in [0.05, 0.1) is 12.7 Å². The predicted molar refractivity (Wildman–Crippen MR) is 161 cm³/mol. The second-order valence-electron chi connectivity index (χ2n) is 14.8. The molecule has 0 saturated heterocycles. The minimum atomic E-state index is -0.194. The van der Waals surface area contributed by atoms with E-state index in [1.165, 1.54) is 69.8 Å². The number of aliphatic hydroxyl groups excluding tert-OH is 1. The van der Waals surface area contributed by atoms with Gasteiger partial charge in [0.15, 0.2) is 0 Å². The molecule has 5 unspecified atom stereocenters.